The van der Waals surface area contributed by atoms with Crippen molar-refractivity contribution in [3.05, 3.63) is 35.2 Å². The van der Waals surface area contributed by atoms with Crippen LogP contribution >= 0.6 is 11.3 Å². The van der Waals surface area contributed by atoms with Crippen LogP contribution in [-0.4, -0.2) is 25.2 Å². The molecule has 1 aromatic heterocycles. The van der Waals surface area contributed by atoms with Gasteiger partial charge in [0.05, 0.1) is 0 Å². The molecule has 0 saturated carbocycles. The van der Waals surface area contributed by atoms with Gasteiger partial charge in [0.1, 0.15) is 13.2 Å². The van der Waals surface area contributed by atoms with E-state index in [0.29, 0.717) is 5.56 Å². The highest BCUT2D eigenvalue weighted by Gasteiger charge is 2.28. The van der Waals surface area contributed by atoms with Crippen molar-refractivity contribution in [2.45, 2.75) is 6.18 Å². The molecule has 0 N–H and O–H groups in total. The number of thiophene rings is 1. The van der Waals surface area contributed by atoms with Gasteiger partial charge in [-0.1, -0.05) is 18.2 Å². The molecule has 6 heteroatoms. The zero-order valence-corrected chi connectivity index (χ0v) is 9.98. The number of benzene rings is 1. The van der Waals surface area contributed by atoms with Crippen LogP contribution in [0.2, 0.25) is 0 Å². The summed E-state index contributed by atoms with van der Waals surface area (Å²) in [6.07, 6.45) is -4.41. The smallest absolute Gasteiger partial charge is 0.364 e. The second-order valence-electron chi connectivity index (χ2n) is 3.68. The Morgan fingerprint density at radius 2 is 2.00 bits per heavy atom. The first-order chi connectivity index (χ1) is 8.47. The van der Waals surface area contributed by atoms with Crippen molar-refractivity contribution in [2.24, 2.45) is 0 Å². The standard InChI is InChI=1S/C12H9F3O2S/c13-12(14,15)7-17-5-10(16)9-6-18-11-4-2-1-3-8(9)11/h1-4,6H,5,7H2. The highest BCUT2D eigenvalue weighted by molar-refractivity contribution is 7.17. The number of halogens is 3. The van der Waals surface area contributed by atoms with Gasteiger partial charge in [-0.3, -0.25) is 4.79 Å². The van der Waals surface area contributed by atoms with E-state index in [9.17, 15) is 18.0 Å². The molecular formula is C12H9F3O2S. The molecule has 2 nitrogen and oxygen atoms in total. The predicted octanol–water partition coefficient (Wildman–Crippen LogP) is 3.66. The molecule has 0 saturated heterocycles. The molecule has 0 atom stereocenters. The second kappa shape index (κ2) is 5.07. The van der Waals surface area contributed by atoms with Crippen LogP contribution in [0.5, 0.6) is 0 Å². The highest BCUT2D eigenvalue weighted by atomic mass is 32.1. The fourth-order valence-electron chi connectivity index (χ4n) is 1.53. The van der Waals surface area contributed by atoms with Crippen LogP contribution < -0.4 is 0 Å². The SMILES string of the molecule is O=C(COCC(F)(F)F)c1csc2ccccc12. The maximum Gasteiger partial charge on any atom is 0.411 e. The Hall–Kier alpha value is -1.40. The molecule has 2 aromatic rings. The van der Waals surface area contributed by atoms with Crippen molar-refractivity contribution < 1.29 is 22.7 Å². The van der Waals surface area contributed by atoms with Gasteiger partial charge in [-0.05, 0) is 6.07 Å². The first kappa shape index (κ1) is 13.0. The van der Waals surface area contributed by atoms with Crippen molar-refractivity contribution in [1.82, 2.24) is 0 Å². The fraction of sp³-hybridized carbons (Fsp3) is 0.250. The summed E-state index contributed by atoms with van der Waals surface area (Å²) in [4.78, 5) is 11.7. The summed E-state index contributed by atoms with van der Waals surface area (Å²) in [5, 5.41) is 2.40. The van der Waals surface area contributed by atoms with Gasteiger partial charge in [0.2, 0.25) is 0 Å². The minimum absolute atomic E-state index is 0.415. The molecule has 0 unspecified atom stereocenters. The number of hydrogen-bond donors (Lipinski definition) is 0. The van der Waals surface area contributed by atoms with Crippen LogP contribution in [0.15, 0.2) is 29.6 Å². The molecule has 0 fully saturated rings. The van der Waals surface area contributed by atoms with E-state index < -0.39 is 25.2 Å². The lowest BCUT2D eigenvalue weighted by molar-refractivity contribution is -0.170. The van der Waals surface area contributed by atoms with Crippen molar-refractivity contribution in [2.75, 3.05) is 13.2 Å². The van der Waals surface area contributed by atoms with E-state index in [4.69, 9.17) is 0 Å². The third-order valence-electron chi connectivity index (χ3n) is 2.28. The molecule has 0 aliphatic heterocycles. The lowest BCUT2D eigenvalue weighted by atomic mass is 10.1. The number of carbonyl (C=O) groups excluding carboxylic acids is 1. The maximum atomic E-state index is 11.9. The van der Waals surface area contributed by atoms with Crippen molar-refractivity contribution >= 4 is 27.2 Å². The predicted molar refractivity (Wildman–Crippen MR) is 63.0 cm³/mol. The van der Waals surface area contributed by atoms with Crippen LogP contribution in [0.25, 0.3) is 10.1 Å². The monoisotopic (exact) mass is 274 g/mol. The molecule has 2 rings (SSSR count). The number of Topliss-reactive ketones (excluding diaryl/α,β-unsaturated/α-hetero) is 1. The van der Waals surface area contributed by atoms with E-state index in [1.807, 2.05) is 12.1 Å². The number of ether oxygens (including phenoxy) is 1. The van der Waals surface area contributed by atoms with Gasteiger partial charge in [-0.25, -0.2) is 0 Å². The molecule has 0 radical (unpaired) electrons. The quantitative estimate of drug-likeness (QED) is 0.795. The Morgan fingerprint density at radius 1 is 1.28 bits per heavy atom. The van der Waals surface area contributed by atoms with Crippen LogP contribution in [0.1, 0.15) is 10.4 Å². The lowest BCUT2D eigenvalue weighted by Crippen LogP contribution is -2.20. The third-order valence-corrected chi connectivity index (χ3v) is 3.24. The van der Waals surface area contributed by atoms with Gasteiger partial charge in [-0.2, -0.15) is 13.2 Å². The summed E-state index contributed by atoms with van der Waals surface area (Å²) in [6, 6.07) is 7.24. The molecule has 96 valence electrons. The summed E-state index contributed by atoms with van der Waals surface area (Å²) < 4.78 is 40.9. The van der Waals surface area contributed by atoms with Crippen LogP contribution in [0.3, 0.4) is 0 Å². The van der Waals surface area contributed by atoms with E-state index in [0.717, 1.165) is 10.1 Å². The zero-order chi connectivity index (χ0) is 13.2. The topological polar surface area (TPSA) is 26.3 Å². The van der Waals surface area contributed by atoms with Gasteiger partial charge < -0.3 is 4.74 Å². The van der Waals surface area contributed by atoms with Gasteiger partial charge in [0, 0.05) is 21.0 Å². The molecule has 1 heterocycles. The Kier molecular flexibility index (Phi) is 3.68. The lowest BCUT2D eigenvalue weighted by Gasteiger charge is -2.06. The van der Waals surface area contributed by atoms with Gasteiger partial charge >= 0.3 is 6.18 Å². The largest absolute Gasteiger partial charge is 0.411 e. The van der Waals surface area contributed by atoms with E-state index >= 15 is 0 Å². The summed E-state index contributed by atoms with van der Waals surface area (Å²) in [6.45, 7) is -1.96. The van der Waals surface area contributed by atoms with Crippen LogP contribution in [0.4, 0.5) is 13.2 Å². The number of alkyl halides is 3. The van der Waals surface area contributed by atoms with Crippen molar-refractivity contribution in [3.63, 3.8) is 0 Å². The zero-order valence-electron chi connectivity index (χ0n) is 9.16. The number of rotatable bonds is 4. The van der Waals surface area contributed by atoms with E-state index in [2.05, 4.69) is 4.74 Å². The Bertz CT molecular complexity index is 560. The number of fused-ring (bicyclic) bond motifs is 1. The highest BCUT2D eigenvalue weighted by Crippen LogP contribution is 2.26. The summed E-state index contributed by atoms with van der Waals surface area (Å²) in [5.41, 5.74) is 0.415. The number of hydrogen-bond acceptors (Lipinski definition) is 3. The molecule has 1 aromatic carbocycles. The molecule has 0 amide bonds. The molecule has 0 aliphatic carbocycles. The summed E-state index contributed by atoms with van der Waals surface area (Å²) in [5.74, 6) is -0.434. The Morgan fingerprint density at radius 3 is 2.72 bits per heavy atom. The van der Waals surface area contributed by atoms with Gasteiger partial charge in [0.15, 0.2) is 5.78 Å². The molecule has 0 bridgehead atoms. The average molecular weight is 274 g/mol. The van der Waals surface area contributed by atoms with Crippen molar-refractivity contribution in [1.29, 1.82) is 0 Å². The Balaban J connectivity index is 2.05. The average Bonchev–Trinajstić information content (AvgIpc) is 2.70. The summed E-state index contributed by atoms with van der Waals surface area (Å²) >= 11 is 1.38. The van der Waals surface area contributed by atoms with Crippen molar-refractivity contribution in [3.8, 4) is 0 Å². The number of ketones is 1. The minimum atomic E-state index is -4.41. The fourth-order valence-corrected chi connectivity index (χ4v) is 2.50. The van der Waals surface area contributed by atoms with E-state index in [1.54, 1.807) is 17.5 Å². The molecule has 18 heavy (non-hydrogen) atoms. The summed E-state index contributed by atoms with van der Waals surface area (Å²) in [7, 11) is 0. The molecular weight excluding hydrogens is 265 g/mol. The van der Waals surface area contributed by atoms with Gasteiger partial charge in [0.25, 0.3) is 0 Å². The molecule has 0 spiro atoms. The second-order valence-corrected chi connectivity index (χ2v) is 4.59. The minimum Gasteiger partial charge on any atom is -0.364 e. The Labute approximate surface area is 105 Å². The van der Waals surface area contributed by atoms with Crippen LogP contribution in [0, 0.1) is 0 Å². The van der Waals surface area contributed by atoms with E-state index in [1.165, 1.54) is 11.3 Å². The normalized spacial score (nSPS) is 11.9. The first-order valence-corrected chi connectivity index (χ1v) is 5.99. The van der Waals surface area contributed by atoms with Crippen LogP contribution in [-0.2, 0) is 4.74 Å². The third kappa shape index (κ3) is 3.08. The molecule has 0 aliphatic rings. The van der Waals surface area contributed by atoms with E-state index in [-0.39, 0.29) is 0 Å². The number of carbonyl (C=O) groups is 1. The van der Waals surface area contributed by atoms with Gasteiger partial charge in [-0.15, -0.1) is 11.3 Å². The first-order valence-electron chi connectivity index (χ1n) is 5.11. The maximum absolute atomic E-state index is 11.9.